The average molecular weight is 161 g/mol. The van der Waals surface area contributed by atoms with Crippen molar-refractivity contribution in [1.82, 2.24) is 0 Å². The molecule has 0 fully saturated rings. The number of hydrogen-bond acceptors (Lipinski definition) is 1. The molecular weight excluding hydrogens is 146 g/mol. The Hall–Kier alpha value is -1.26. The summed E-state index contributed by atoms with van der Waals surface area (Å²) in [7, 11) is 0. The molecular formula is C11H15N. The summed E-state index contributed by atoms with van der Waals surface area (Å²) >= 11 is 0. The van der Waals surface area contributed by atoms with Crippen molar-refractivity contribution in [1.29, 1.82) is 0 Å². The van der Waals surface area contributed by atoms with E-state index in [9.17, 15) is 0 Å². The summed E-state index contributed by atoms with van der Waals surface area (Å²) in [4.78, 5) is 0. The van der Waals surface area contributed by atoms with E-state index in [1.807, 2.05) is 6.07 Å². The zero-order chi connectivity index (χ0) is 9.23. The van der Waals surface area contributed by atoms with Crippen molar-refractivity contribution in [2.75, 3.05) is 6.54 Å². The van der Waals surface area contributed by atoms with E-state index < -0.39 is 0 Å². The Kier molecular flexibility index (Phi) is 7.02. The van der Waals surface area contributed by atoms with E-state index in [1.54, 1.807) is 0 Å². The molecule has 1 aromatic carbocycles. The van der Waals surface area contributed by atoms with Crippen molar-refractivity contribution >= 4 is 0 Å². The van der Waals surface area contributed by atoms with Crippen LogP contribution in [0.15, 0.2) is 30.3 Å². The number of nitrogens with two attached hydrogens (primary N) is 1. The second kappa shape index (κ2) is 7.84. The molecule has 0 aliphatic rings. The van der Waals surface area contributed by atoms with Crippen LogP contribution in [-0.2, 0) is 6.42 Å². The number of rotatable bonds is 3. The third-order valence-corrected chi connectivity index (χ3v) is 1.51. The molecule has 0 heterocycles. The Bertz CT molecular complexity index is 201. The van der Waals surface area contributed by atoms with Gasteiger partial charge in [-0.15, -0.1) is 12.8 Å². The summed E-state index contributed by atoms with van der Waals surface area (Å²) in [5, 5.41) is 0. The van der Waals surface area contributed by atoms with Crippen molar-refractivity contribution in [3.8, 4) is 12.8 Å². The van der Waals surface area contributed by atoms with Crippen LogP contribution in [0.1, 0.15) is 12.0 Å². The maximum absolute atomic E-state index is 5.38. The van der Waals surface area contributed by atoms with Crippen LogP contribution in [0.4, 0.5) is 0 Å². The van der Waals surface area contributed by atoms with Gasteiger partial charge in [0.05, 0.1) is 0 Å². The van der Waals surface area contributed by atoms with E-state index in [1.165, 1.54) is 5.56 Å². The molecule has 0 aromatic heterocycles. The smallest absolute Gasteiger partial charge is 0.00741 e. The summed E-state index contributed by atoms with van der Waals surface area (Å²) in [6.45, 7) is 0.787. The Labute approximate surface area is 74.6 Å². The maximum atomic E-state index is 5.38. The fourth-order valence-electron chi connectivity index (χ4n) is 0.951. The third kappa shape index (κ3) is 4.54. The molecule has 1 nitrogen and oxygen atoms in total. The standard InChI is InChI=1S/C9H13N.C2H2/c10-8-4-7-9-5-2-1-3-6-9;1-2/h1-3,5-6H,4,7-8,10H2;1-2H. The summed E-state index contributed by atoms with van der Waals surface area (Å²) in [6.07, 6.45) is 10.2. The minimum atomic E-state index is 0.787. The van der Waals surface area contributed by atoms with Gasteiger partial charge < -0.3 is 5.73 Å². The molecule has 1 rings (SSSR count). The quantitative estimate of drug-likeness (QED) is 0.672. The lowest BCUT2D eigenvalue weighted by Crippen LogP contribution is -1.99. The molecule has 0 saturated heterocycles. The molecule has 0 aliphatic carbocycles. The average Bonchev–Trinajstić information content (AvgIpc) is 2.19. The van der Waals surface area contributed by atoms with E-state index >= 15 is 0 Å². The van der Waals surface area contributed by atoms with Gasteiger partial charge in [-0.1, -0.05) is 30.3 Å². The van der Waals surface area contributed by atoms with Crippen LogP contribution in [0.5, 0.6) is 0 Å². The van der Waals surface area contributed by atoms with Gasteiger partial charge in [-0.3, -0.25) is 0 Å². The fraction of sp³-hybridized carbons (Fsp3) is 0.273. The van der Waals surface area contributed by atoms with Gasteiger partial charge in [0.2, 0.25) is 0 Å². The van der Waals surface area contributed by atoms with E-state index in [4.69, 9.17) is 5.73 Å². The van der Waals surface area contributed by atoms with Crippen LogP contribution < -0.4 is 5.73 Å². The first-order valence-electron chi connectivity index (χ1n) is 4.01. The van der Waals surface area contributed by atoms with Gasteiger partial charge in [-0.05, 0) is 24.9 Å². The predicted octanol–water partition coefficient (Wildman–Crippen LogP) is 1.83. The number of benzene rings is 1. The minimum Gasteiger partial charge on any atom is -0.330 e. The Morgan fingerprint density at radius 2 is 1.67 bits per heavy atom. The highest BCUT2D eigenvalue weighted by atomic mass is 14.5. The molecule has 0 atom stereocenters. The largest absolute Gasteiger partial charge is 0.330 e. The molecule has 1 aromatic rings. The van der Waals surface area contributed by atoms with Crippen molar-refractivity contribution in [3.63, 3.8) is 0 Å². The zero-order valence-corrected chi connectivity index (χ0v) is 7.24. The lowest BCUT2D eigenvalue weighted by atomic mass is 10.1. The molecule has 0 spiro atoms. The van der Waals surface area contributed by atoms with Gasteiger partial charge in [0, 0.05) is 0 Å². The monoisotopic (exact) mass is 161 g/mol. The predicted molar refractivity (Wildman–Crippen MR) is 53.7 cm³/mol. The first-order valence-corrected chi connectivity index (χ1v) is 4.01. The van der Waals surface area contributed by atoms with E-state index in [0.717, 1.165) is 19.4 Å². The molecule has 0 unspecified atom stereocenters. The van der Waals surface area contributed by atoms with Gasteiger partial charge in [0.1, 0.15) is 0 Å². The van der Waals surface area contributed by atoms with Gasteiger partial charge in [0.15, 0.2) is 0 Å². The highest BCUT2D eigenvalue weighted by molar-refractivity contribution is 5.14. The summed E-state index contributed by atoms with van der Waals surface area (Å²) < 4.78 is 0. The van der Waals surface area contributed by atoms with Crippen molar-refractivity contribution in [3.05, 3.63) is 35.9 Å². The fourth-order valence-corrected chi connectivity index (χ4v) is 0.951. The molecule has 1 heteroatoms. The van der Waals surface area contributed by atoms with Gasteiger partial charge >= 0.3 is 0 Å². The maximum Gasteiger partial charge on any atom is -0.00741 e. The zero-order valence-electron chi connectivity index (χ0n) is 7.24. The van der Waals surface area contributed by atoms with Gasteiger partial charge in [0.25, 0.3) is 0 Å². The Morgan fingerprint density at radius 1 is 1.08 bits per heavy atom. The van der Waals surface area contributed by atoms with Crippen LogP contribution in [0.2, 0.25) is 0 Å². The topological polar surface area (TPSA) is 26.0 Å². The SMILES string of the molecule is C#C.NCCCc1ccccc1. The molecule has 0 radical (unpaired) electrons. The van der Waals surface area contributed by atoms with E-state index in [2.05, 4.69) is 37.1 Å². The van der Waals surface area contributed by atoms with Crippen molar-refractivity contribution in [2.24, 2.45) is 5.73 Å². The molecule has 0 amide bonds. The molecule has 12 heavy (non-hydrogen) atoms. The number of terminal acetylenes is 1. The first kappa shape index (κ1) is 10.7. The van der Waals surface area contributed by atoms with E-state index in [0.29, 0.717) is 0 Å². The van der Waals surface area contributed by atoms with Crippen molar-refractivity contribution in [2.45, 2.75) is 12.8 Å². The summed E-state index contributed by atoms with van der Waals surface area (Å²) in [6, 6.07) is 10.4. The molecule has 64 valence electrons. The number of hydrogen-bond donors (Lipinski definition) is 1. The first-order chi connectivity index (χ1) is 5.93. The van der Waals surface area contributed by atoms with Crippen LogP contribution in [0.3, 0.4) is 0 Å². The molecule has 0 bridgehead atoms. The second-order valence-electron chi connectivity index (χ2n) is 2.38. The second-order valence-corrected chi connectivity index (χ2v) is 2.38. The lowest BCUT2D eigenvalue weighted by Gasteiger charge is -1.96. The summed E-state index contributed by atoms with van der Waals surface area (Å²) in [5.41, 5.74) is 6.76. The van der Waals surface area contributed by atoms with Crippen LogP contribution >= 0.6 is 0 Å². The lowest BCUT2D eigenvalue weighted by molar-refractivity contribution is 0.833. The molecule has 2 N–H and O–H groups in total. The van der Waals surface area contributed by atoms with Crippen LogP contribution in [0, 0.1) is 12.8 Å². The van der Waals surface area contributed by atoms with Crippen LogP contribution in [-0.4, -0.2) is 6.54 Å². The van der Waals surface area contributed by atoms with Gasteiger partial charge in [-0.2, -0.15) is 0 Å². The molecule has 0 aliphatic heterocycles. The number of aryl methyl sites for hydroxylation is 1. The van der Waals surface area contributed by atoms with E-state index in [-0.39, 0.29) is 0 Å². The minimum absolute atomic E-state index is 0.787. The van der Waals surface area contributed by atoms with Crippen LogP contribution in [0.25, 0.3) is 0 Å². The normalized spacial score (nSPS) is 8.25. The Morgan fingerprint density at radius 3 is 2.17 bits per heavy atom. The third-order valence-electron chi connectivity index (χ3n) is 1.51. The highest BCUT2D eigenvalue weighted by Crippen LogP contribution is 2.00. The van der Waals surface area contributed by atoms with Gasteiger partial charge in [-0.25, -0.2) is 0 Å². The highest BCUT2D eigenvalue weighted by Gasteiger charge is 1.87. The Balaban J connectivity index is 0.000000561. The van der Waals surface area contributed by atoms with Crippen molar-refractivity contribution < 1.29 is 0 Å². The summed E-state index contributed by atoms with van der Waals surface area (Å²) in [5.74, 6) is 0. The molecule has 0 saturated carbocycles.